The van der Waals surface area contributed by atoms with Gasteiger partial charge in [-0.1, -0.05) is 6.07 Å². The number of pyridine rings is 1. The topological polar surface area (TPSA) is 57.3 Å². The fraction of sp³-hybridized carbons (Fsp3) is 0.250. The minimum Gasteiger partial charge on any atom is -0.382 e. The lowest BCUT2D eigenvalue weighted by molar-refractivity contribution is 0.102. The minimum atomic E-state index is -0.827. The maximum Gasteiger partial charge on any atom is 0.257 e. The monoisotopic (exact) mass is 320 g/mol. The zero-order valence-electron chi connectivity index (χ0n) is 12.9. The summed E-state index contributed by atoms with van der Waals surface area (Å²) in [5, 5.41) is 5.36. The van der Waals surface area contributed by atoms with Crippen molar-refractivity contribution in [3.63, 3.8) is 0 Å². The molecule has 0 saturated heterocycles. The summed E-state index contributed by atoms with van der Waals surface area (Å²) in [6.45, 7) is 1.50. The Morgan fingerprint density at radius 3 is 2.57 bits per heavy atom. The molecule has 0 atom stereocenters. The highest BCUT2D eigenvalue weighted by Gasteiger charge is 2.14. The molecule has 0 spiro atoms. The van der Waals surface area contributed by atoms with Crippen molar-refractivity contribution in [3.8, 4) is 0 Å². The molecule has 23 heavy (non-hydrogen) atoms. The van der Waals surface area contributed by atoms with Crippen LogP contribution in [0.5, 0.6) is 0 Å². The lowest BCUT2D eigenvalue weighted by Crippen LogP contribution is -2.21. The SMILES string of the molecule is CN(C)CCNc1cncc(C(=O)Nc2c(F)cccc2F)c1. The second kappa shape index (κ2) is 7.64. The molecule has 0 radical (unpaired) electrons. The lowest BCUT2D eigenvalue weighted by atomic mass is 10.2. The van der Waals surface area contributed by atoms with Crippen molar-refractivity contribution in [1.82, 2.24) is 9.88 Å². The fourth-order valence-corrected chi connectivity index (χ4v) is 1.89. The predicted octanol–water partition coefficient (Wildman–Crippen LogP) is 2.59. The van der Waals surface area contributed by atoms with Crippen LogP contribution >= 0.6 is 0 Å². The number of anilines is 2. The number of amides is 1. The number of hydrogen-bond donors (Lipinski definition) is 2. The summed E-state index contributed by atoms with van der Waals surface area (Å²) in [6.07, 6.45) is 2.92. The molecule has 0 bridgehead atoms. The van der Waals surface area contributed by atoms with Gasteiger partial charge in [-0.15, -0.1) is 0 Å². The van der Waals surface area contributed by atoms with Crippen LogP contribution in [0, 0.1) is 11.6 Å². The number of nitrogens with one attached hydrogen (secondary N) is 2. The van der Waals surface area contributed by atoms with E-state index in [0.29, 0.717) is 12.2 Å². The zero-order valence-corrected chi connectivity index (χ0v) is 12.9. The van der Waals surface area contributed by atoms with Gasteiger partial charge in [-0.05, 0) is 32.3 Å². The van der Waals surface area contributed by atoms with Crippen molar-refractivity contribution >= 4 is 17.3 Å². The number of likely N-dealkylation sites (N-methyl/N-ethyl adjacent to an activating group) is 1. The first kappa shape index (κ1) is 16.8. The van der Waals surface area contributed by atoms with Crippen LogP contribution in [0.2, 0.25) is 0 Å². The van der Waals surface area contributed by atoms with Crippen LogP contribution in [0.15, 0.2) is 36.7 Å². The van der Waals surface area contributed by atoms with E-state index in [4.69, 9.17) is 0 Å². The van der Waals surface area contributed by atoms with Crippen molar-refractivity contribution in [2.75, 3.05) is 37.8 Å². The van der Waals surface area contributed by atoms with Gasteiger partial charge in [0.05, 0.1) is 11.3 Å². The van der Waals surface area contributed by atoms with Crippen molar-refractivity contribution in [1.29, 1.82) is 0 Å². The Hall–Kier alpha value is -2.54. The summed E-state index contributed by atoms with van der Waals surface area (Å²) in [5.41, 5.74) is 0.402. The van der Waals surface area contributed by atoms with E-state index in [1.165, 1.54) is 12.3 Å². The molecule has 0 unspecified atom stereocenters. The van der Waals surface area contributed by atoms with E-state index in [1.807, 2.05) is 19.0 Å². The van der Waals surface area contributed by atoms with E-state index in [1.54, 1.807) is 12.3 Å². The van der Waals surface area contributed by atoms with Gasteiger partial charge >= 0.3 is 0 Å². The molecular formula is C16H18F2N4O. The molecule has 0 aliphatic rings. The number of carbonyl (C=O) groups is 1. The molecule has 0 saturated carbocycles. The molecule has 1 amide bonds. The lowest BCUT2D eigenvalue weighted by Gasteiger charge is -2.12. The third-order valence-corrected chi connectivity index (χ3v) is 3.09. The molecule has 7 heteroatoms. The molecule has 5 nitrogen and oxygen atoms in total. The van der Waals surface area contributed by atoms with E-state index in [9.17, 15) is 13.6 Å². The predicted molar refractivity (Wildman–Crippen MR) is 85.6 cm³/mol. The van der Waals surface area contributed by atoms with Crippen molar-refractivity contribution in [2.24, 2.45) is 0 Å². The van der Waals surface area contributed by atoms with Crippen LogP contribution in [0.3, 0.4) is 0 Å². The van der Waals surface area contributed by atoms with Gasteiger partial charge in [0.25, 0.3) is 5.91 Å². The van der Waals surface area contributed by atoms with E-state index in [0.717, 1.165) is 18.7 Å². The quantitative estimate of drug-likeness (QED) is 0.859. The summed E-state index contributed by atoms with van der Waals surface area (Å²) in [7, 11) is 3.90. The smallest absolute Gasteiger partial charge is 0.257 e. The number of benzene rings is 1. The van der Waals surface area contributed by atoms with Gasteiger partial charge in [-0.3, -0.25) is 9.78 Å². The molecule has 2 aromatic rings. The first-order valence-corrected chi connectivity index (χ1v) is 7.06. The van der Waals surface area contributed by atoms with Crippen LogP contribution < -0.4 is 10.6 Å². The van der Waals surface area contributed by atoms with Gasteiger partial charge < -0.3 is 15.5 Å². The summed E-state index contributed by atoms with van der Waals surface area (Å²) in [4.78, 5) is 18.1. The van der Waals surface area contributed by atoms with Gasteiger partial charge in [0.1, 0.15) is 17.3 Å². The summed E-state index contributed by atoms with van der Waals surface area (Å²) in [6, 6.07) is 4.97. The fourth-order valence-electron chi connectivity index (χ4n) is 1.89. The number of halogens is 2. The maximum atomic E-state index is 13.6. The summed E-state index contributed by atoms with van der Waals surface area (Å²) in [5.74, 6) is -2.28. The highest BCUT2D eigenvalue weighted by Crippen LogP contribution is 2.19. The van der Waals surface area contributed by atoms with Crippen LogP contribution in [-0.2, 0) is 0 Å². The van der Waals surface area contributed by atoms with E-state index in [2.05, 4.69) is 15.6 Å². The molecule has 1 aromatic heterocycles. The Morgan fingerprint density at radius 2 is 1.91 bits per heavy atom. The summed E-state index contributed by atoms with van der Waals surface area (Å²) < 4.78 is 27.1. The van der Waals surface area contributed by atoms with Gasteiger partial charge in [-0.2, -0.15) is 0 Å². The molecule has 0 aliphatic heterocycles. The summed E-state index contributed by atoms with van der Waals surface area (Å²) >= 11 is 0. The van der Waals surface area contributed by atoms with Gasteiger partial charge in [-0.25, -0.2) is 8.78 Å². The Morgan fingerprint density at radius 1 is 1.22 bits per heavy atom. The maximum absolute atomic E-state index is 13.6. The number of rotatable bonds is 6. The molecule has 1 aromatic carbocycles. The Kier molecular flexibility index (Phi) is 5.59. The highest BCUT2D eigenvalue weighted by molar-refractivity contribution is 6.04. The number of nitrogens with zero attached hydrogens (tertiary/aromatic N) is 2. The number of para-hydroxylation sites is 1. The Labute approximate surface area is 133 Å². The van der Waals surface area contributed by atoms with Gasteiger partial charge in [0.15, 0.2) is 0 Å². The molecule has 0 fully saturated rings. The van der Waals surface area contributed by atoms with E-state index >= 15 is 0 Å². The normalized spacial score (nSPS) is 10.7. The first-order valence-electron chi connectivity index (χ1n) is 7.06. The van der Waals surface area contributed by atoms with E-state index < -0.39 is 23.2 Å². The van der Waals surface area contributed by atoms with Crippen LogP contribution in [0.25, 0.3) is 0 Å². The van der Waals surface area contributed by atoms with Crippen molar-refractivity contribution < 1.29 is 13.6 Å². The standard InChI is InChI=1S/C16H18F2N4O/c1-22(2)7-6-20-12-8-11(9-19-10-12)16(23)21-15-13(17)4-3-5-14(15)18/h3-5,8-10,20H,6-7H2,1-2H3,(H,21,23). The average Bonchev–Trinajstić information content (AvgIpc) is 2.51. The molecule has 0 aliphatic carbocycles. The number of aromatic nitrogens is 1. The molecule has 1 heterocycles. The second-order valence-corrected chi connectivity index (χ2v) is 5.24. The average molecular weight is 320 g/mol. The van der Waals surface area contributed by atoms with Gasteiger partial charge in [0.2, 0.25) is 0 Å². The second-order valence-electron chi connectivity index (χ2n) is 5.24. The minimum absolute atomic E-state index is 0.211. The molecule has 2 rings (SSSR count). The molecule has 122 valence electrons. The third kappa shape index (κ3) is 4.72. The van der Waals surface area contributed by atoms with Crippen LogP contribution in [0.4, 0.5) is 20.2 Å². The molecule has 2 N–H and O–H groups in total. The van der Waals surface area contributed by atoms with Crippen molar-refractivity contribution in [2.45, 2.75) is 0 Å². The van der Waals surface area contributed by atoms with Gasteiger partial charge in [0, 0.05) is 25.5 Å². The first-order chi connectivity index (χ1) is 11.0. The van der Waals surface area contributed by atoms with Crippen molar-refractivity contribution in [3.05, 3.63) is 53.9 Å². The largest absolute Gasteiger partial charge is 0.382 e. The highest BCUT2D eigenvalue weighted by atomic mass is 19.1. The van der Waals surface area contributed by atoms with E-state index in [-0.39, 0.29) is 5.56 Å². The third-order valence-electron chi connectivity index (χ3n) is 3.09. The Balaban J connectivity index is 2.08. The number of hydrogen-bond acceptors (Lipinski definition) is 4. The number of carbonyl (C=O) groups excluding carboxylic acids is 1. The van der Waals surface area contributed by atoms with Crippen LogP contribution in [0.1, 0.15) is 10.4 Å². The Bertz CT molecular complexity index is 671. The van der Waals surface area contributed by atoms with Crippen LogP contribution in [-0.4, -0.2) is 43.0 Å². The zero-order chi connectivity index (χ0) is 16.8. The molecular weight excluding hydrogens is 302 g/mol.